The van der Waals surface area contributed by atoms with Crippen LogP contribution in [0, 0.1) is 0 Å². The minimum absolute atomic E-state index is 0.566. The lowest BCUT2D eigenvalue weighted by Gasteiger charge is -2.06. The molecule has 0 aromatic carbocycles. The summed E-state index contributed by atoms with van der Waals surface area (Å²) in [6.45, 7) is 10.3. The van der Waals surface area contributed by atoms with Crippen LogP contribution in [0.1, 0.15) is 32.6 Å². The van der Waals surface area contributed by atoms with E-state index in [0.29, 0.717) is 6.54 Å². The molecule has 0 bridgehead atoms. The lowest BCUT2D eigenvalue weighted by atomic mass is 10.0. The van der Waals surface area contributed by atoms with Gasteiger partial charge in [0, 0.05) is 6.54 Å². The average Bonchev–Trinajstić information content (AvgIpc) is 2.17. The Morgan fingerprint density at radius 2 is 1.77 bits per heavy atom. The number of rotatable bonds is 7. The Kier molecular flexibility index (Phi) is 7.32. The van der Waals surface area contributed by atoms with Crippen molar-refractivity contribution in [3.05, 3.63) is 36.5 Å². The fourth-order valence-corrected chi connectivity index (χ4v) is 1.30. The van der Waals surface area contributed by atoms with Crippen LogP contribution in [-0.2, 0) is 0 Å². The summed E-state index contributed by atoms with van der Waals surface area (Å²) in [4.78, 5) is 0. The second kappa shape index (κ2) is 7.81. The molecule has 0 aromatic heterocycles. The fourth-order valence-electron chi connectivity index (χ4n) is 1.30. The Hall–Kier alpha value is -0.820. The summed E-state index contributed by atoms with van der Waals surface area (Å²) >= 11 is 0. The summed E-state index contributed by atoms with van der Waals surface area (Å²) in [7, 11) is 0. The molecule has 0 saturated carbocycles. The van der Waals surface area contributed by atoms with E-state index in [2.05, 4.69) is 20.1 Å². The Labute approximate surface area is 82.0 Å². The van der Waals surface area contributed by atoms with Gasteiger partial charge in [-0.25, -0.2) is 0 Å². The van der Waals surface area contributed by atoms with E-state index in [1.807, 2.05) is 12.2 Å². The maximum atomic E-state index is 5.59. The molecule has 0 aromatic rings. The van der Waals surface area contributed by atoms with Crippen LogP contribution in [0.4, 0.5) is 0 Å². The highest BCUT2D eigenvalue weighted by Gasteiger charge is 1.98. The highest BCUT2D eigenvalue weighted by Crippen LogP contribution is 2.14. The number of hydrogen-bond donors (Lipinski definition) is 1. The molecule has 0 unspecified atom stereocenters. The minimum atomic E-state index is 0.566. The third-order valence-corrected chi connectivity index (χ3v) is 2.17. The van der Waals surface area contributed by atoms with Crippen molar-refractivity contribution in [1.29, 1.82) is 0 Å². The molecule has 2 N–H and O–H groups in total. The molecule has 0 aliphatic rings. The van der Waals surface area contributed by atoms with Gasteiger partial charge in [0.1, 0.15) is 0 Å². The van der Waals surface area contributed by atoms with Crippen molar-refractivity contribution in [2.45, 2.75) is 32.6 Å². The van der Waals surface area contributed by atoms with E-state index in [1.54, 1.807) is 0 Å². The quantitative estimate of drug-likeness (QED) is 0.471. The van der Waals surface area contributed by atoms with Crippen LogP contribution in [0.5, 0.6) is 0 Å². The van der Waals surface area contributed by atoms with Crippen LogP contribution in [0.3, 0.4) is 0 Å². The van der Waals surface area contributed by atoms with Gasteiger partial charge in [-0.05, 0) is 24.0 Å². The van der Waals surface area contributed by atoms with E-state index in [-0.39, 0.29) is 0 Å². The fraction of sp³-hybridized carbons (Fsp3) is 0.500. The molecular formula is C12H21N. The highest BCUT2D eigenvalue weighted by atomic mass is 14.5. The summed E-state index contributed by atoms with van der Waals surface area (Å²) in [6.07, 6.45) is 8.55. The van der Waals surface area contributed by atoms with Crippen LogP contribution in [0.25, 0.3) is 0 Å². The van der Waals surface area contributed by atoms with Crippen LogP contribution in [0.2, 0.25) is 0 Å². The van der Waals surface area contributed by atoms with Gasteiger partial charge >= 0.3 is 0 Å². The van der Waals surface area contributed by atoms with Crippen molar-refractivity contribution in [3.8, 4) is 0 Å². The van der Waals surface area contributed by atoms with Gasteiger partial charge in [0.2, 0.25) is 0 Å². The molecule has 0 rings (SSSR count). The second-order valence-electron chi connectivity index (χ2n) is 3.12. The van der Waals surface area contributed by atoms with Crippen molar-refractivity contribution in [2.75, 3.05) is 6.54 Å². The van der Waals surface area contributed by atoms with Gasteiger partial charge in [-0.2, -0.15) is 0 Å². The molecular weight excluding hydrogens is 158 g/mol. The average molecular weight is 179 g/mol. The first-order valence-corrected chi connectivity index (χ1v) is 4.97. The van der Waals surface area contributed by atoms with E-state index in [1.165, 1.54) is 24.8 Å². The van der Waals surface area contributed by atoms with Crippen LogP contribution in [-0.4, -0.2) is 6.54 Å². The van der Waals surface area contributed by atoms with Gasteiger partial charge in [0.15, 0.2) is 0 Å². The summed E-state index contributed by atoms with van der Waals surface area (Å²) in [5.74, 6) is 0. The first-order valence-electron chi connectivity index (χ1n) is 4.97. The zero-order chi connectivity index (χ0) is 10.1. The lowest BCUT2D eigenvalue weighted by Crippen LogP contribution is -2.03. The number of allylic oxidation sites excluding steroid dienone is 2. The zero-order valence-corrected chi connectivity index (χ0v) is 8.68. The van der Waals surface area contributed by atoms with E-state index < -0.39 is 0 Å². The zero-order valence-electron chi connectivity index (χ0n) is 8.68. The van der Waals surface area contributed by atoms with E-state index in [4.69, 9.17) is 5.73 Å². The minimum Gasteiger partial charge on any atom is -0.326 e. The maximum absolute atomic E-state index is 5.59. The van der Waals surface area contributed by atoms with Crippen molar-refractivity contribution in [1.82, 2.24) is 0 Å². The first-order chi connectivity index (χ1) is 6.29. The molecule has 0 amide bonds. The third-order valence-electron chi connectivity index (χ3n) is 2.17. The topological polar surface area (TPSA) is 26.0 Å². The normalized spacial score (nSPS) is 12.2. The molecule has 0 radical (unpaired) electrons. The molecule has 74 valence electrons. The van der Waals surface area contributed by atoms with Crippen LogP contribution >= 0.6 is 0 Å². The summed E-state index contributed by atoms with van der Waals surface area (Å²) in [5, 5.41) is 0. The predicted molar refractivity (Wildman–Crippen MR) is 60.6 cm³/mol. The second-order valence-corrected chi connectivity index (χ2v) is 3.12. The molecule has 0 aliphatic carbocycles. The van der Waals surface area contributed by atoms with Gasteiger partial charge < -0.3 is 5.73 Å². The maximum Gasteiger partial charge on any atom is 0.0180 e. The van der Waals surface area contributed by atoms with Crippen molar-refractivity contribution in [3.63, 3.8) is 0 Å². The van der Waals surface area contributed by atoms with Crippen LogP contribution < -0.4 is 5.73 Å². The van der Waals surface area contributed by atoms with Crippen molar-refractivity contribution >= 4 is 0 Å². The SMILES string of the molecule is C=C/C(CN)=C(\C=C)CCCCC. The largest absolute Gasteiger partial charge is 0.326 e. The van der Waals surface area contributed by atoms with Gasteiger partial charge in [-0.1, -0.05) is 45.1 Å². The van der Waals surface area contributed by atoms with Gasteiger partial charge in [-0.3, -0.25) is 0 Å². The van der Waals surface area contributed by atoms with Gasteiger partial charge in [0.25, 0.3) is 0 Å². The van der Waals surface area contributed by atoms with Crippen LogP contribution in [0.15, 0.2) is 36.5 Å². The molecule has 1 heteroatoms. The summed E-state index contributed by atoms with van der Waals surface area (Å²) in [6, 6.07) is 0. The van der Waals surface area contributed by atoms with Gasteiger partial charge in [0.05, 0.1) is 0 Å². The number of nitrogens with two attached hydrogens (primary N) is 1. The number of unbranched alkanes of at least 4 members (excludes halogenated alkanes) is 2. The molecule has 13 heavy (non-hydrogen) atoms. The Bertz CT molecular complexity index is 189. The Balaban J connectivity index is 4.20. The predicted octanol–water partition coefficient (Wildman–Crippen LogP) is 3.19. The standard InChI is InChI=1S/C12H21N/c1-4-7-8-9-11(5-2)12(6-3)10-13/h5-6H,2-4,7-10,13H2,1H3/b12-11-. The highest BCUT2D eigenvalue weighted by molar-refractivity contribution is 5.32. The molecule has 1 nitrogen and oxygen atoms in total. The smallest absolute Gasteiger partial charge is 0.0180 e. The third kappa shape index (κ3) is 4.69. The molecule has 0 spiro atoms. The first kappa shape index (κ1) is 12.2. The Morgan fingerprint density at radius 3 is 2.15 bits per heavy atom. The lowest BCUT2D eigenvalue weighted by molar-refractivity contribution is 0.716. The van der Waals surface area contributed by atoms with E-state index in [9.17, 15) is 0 Å². The van der Waals surface area contributed by atoms with E-state index >= 15 is 0 Å². The summed E-state index contributed by atoms with van der Waals surface area (Å²) in [5.41, 5.74) is 7.97. The molecule has 0 aliphatic heterocycles. The molecule has 0 atom stereocenters. The van der Waals surface area contributed by atoms with Crippen molar-refractivity contribution < 1.29 is 0 Å². The monoisotopic (exact) mass is 179 g/mol. The van der Waals surface area contributed by atoms with E-state index in [0.717, 1.165) is 12.0 Å². The van der Waals surface area contributed by atoms with Crippen molar-refractivity contribution in [2.24, 2.45) is 5.73 Å². The molecule has 0 saturated heterocycles. The molecule has 0 fully saturated rings. The van der Waals surface area contributed by atoms with Gasteiger partial charge in [-0.15, -0.1) is 0 Å². The Morgan fingerprint density at radius 1 is 1.15 bits per heavy atom. The number of hydrogen-bond acceptors (Lipinski definition) is 1. The molecule has 0 heterocycles. The summed E-state index contributed by atoms with van der Waals surface area (Å²) < 4.78 is 0.